The molecule has 2 aliphatic rings. The van der Waals surface area contributed by atoms with Crippen molar-refractivity contribution in [2.24, 2.45) is 0 Å². The van der Waals surface area contributed by atoms with Crippen LogP contribution in [0.4, 0.5) is 5.95 Å². The second-order valence-electron chi connectivity index (χ2n) is 6.14. The summed E-state index contributed by atoms with van der Waals surface area (Å²) in [6, 6.07) is 7.75. The molecule has 0 radical (unpaired) electrons. The average Bonchev–Trinajstić information content (AvgIpc) is 2.98. The van der Waals surface area contributed by atoms with Crippen LogP contribution < -0.4 is 9.64 Å². The molecule has 2 aromatic rings. The Balaban J connectivity index is 1.49. The number of aromatic nitrogens is 2. The van der Waals surface area contributed by atoms with Crippen molar-refractivity contribution >= 4 is 11.9 Å². The van der Waals surface area contributed by atoms with Crippen molar-refractivity contribution in [3.8, 4) is 5.75 Å². The van der Waals surface area contributed by atoms with Crippen LogP contribution >= 0.6 is 0 Å². The number of amides is 1. The summed E-state index contributed by atoms with van der Waals surface area (Å²) in [7, 11) is 1.64. The minimum atomic E-state index is -0.0145. The number of ether oxygens (including phenoxy) is 2. The van der Waals surface area contributed by atoms with Crippen LogP contribution in [0.25, 0.3) is 0 Å². The van der Waals surface area contributed by atoms with Gasteiger partial charge >= 0.3 is 0 Å². The predicted octanol–water partition coefficient (Wildman–Crippen LogP) is 1.48. The molecule has 0 bridgehead atoms. The largest absolute Gasteiger partial charge is 0.497 e. The van der Waals surface area contributed by atoms with Crippen LogP contribution in [0, 0.1) is 0 Å². The Bertz CT molecular complexity index is 772. The summed E-state index contributed by atoms with van der Waals surface area (Å²) in [6.07, 6.45) is 1.66. The van der Waals surface area contributed by atoms with Gasteiger partial charge in [-0.15, -0.1) is 0 Å². The molecule has 1 saturated heterocycles. The highest BCUT2D eigenvalue weighted by Gasteiger charge is 2.30. The van der Waals surface area contributed by atoms with Crippen LogP contribution in [0.3, 0.4) is 0 Å². The number of benzene rings is 1. The van der Waals surface area contributed by atoms with E-state index in [9.17, 15) is 4.79 Å². The maximum atomic E-state index is 12.6. The first-order chi connectivity index (χ1) is 12.2. The Labute approximate surface area is 146 Å². The molecule has 7 nitrogen and oxygen atoms in total. The normalized spacial score (nSPS) is 16.9. The van der Waals surface area contributed by atoms with E-state index in [0.717, 1.165) is 30.1 Å². The van der Waals surface area contributed by atoms with Gasteiger partial charge < -0.3 is 19.3 Å². The molecule has 0 unspecified atom stereocenters. The molecule has 0 spiro atoms. The molecule has 2 aliphatic heterocycles. The number of methoxy groups -OCH3 is 1. The zero-order valence-corrected chi connectivity index (χ0v) is 14.1. The van der Waals surface area contributed by atoms with Crippen molar-refractivity contribution in [1.82, 2.24) is 14.9 Å². The molecule has 1 aromatic heterocycles. The quantitative estimate of drug-likeness (QED) is 0.840. The van der Waals surface area contributed by atoms with E-state index >= 15 is 0 Å². The van der Waals surface area contributed by atoms with Gasteiger partial charge in [-0.3, -0.25) is 4.79 Å². The Morgan fingerprint density at radius 1 is 1.20 bits per heavy atom. The first-order valence-corrected chi connectivity index (χ1v) is 8.35. The number of hydrogen-bond donors (Lipinski definition) is 0. The van der Waals surface area contributed by atoms with Crippen LogP contribution in [-0.4, -0.2) is 54.2 Å². The summed E-state index contributed by atoms with van der Waals surface area (Å²) in [6.45, 7) is 3.99. The molecule has 0 atom stereocenters. The van der Waals surface area contributed by atoms with Gasteiger partial charge in [0.15, 0.2) is 0 Å². The van der Waals surface area contributed by atoms with E-state index in [1.54, 1.807) is 18.2 Å². The number of rotatable bonds is 4. The Morgan fingerprint density at radius 2 is 1.96 bits per heavy atom. The molecular weight excluding hydrogens is 320 g/mol. The lowest BCUT2D eigenvalue weighted by Crippen LogP contribution is -2.37. The minimum absolute atomic E-state index is 0.0145. The number of fused-ring (bicyclic) bond motifs is 1. The fourth-order valence-corrected chi connectivity index (χ4v) is 3.12. The van der Waals surface area contributed by atoms with Crippen molar-refractivity contribution in [3.63, 3.8) is 0 Å². The lowest BCUT2D eigenvalue weighted by atomic mass is 10.2. The molecule has 1 fully saturated rings. The highest BCUT2D eigenvalue weighted by atomic mass is 16.5. The topological polar surface area (TPSA) is 67.8 Å². The van der Waals surface area contributed by atoms with Gasteiger partial charge in [-0.1, -0.05) is 12.1 Å². The number of morpholine rings is 1. The Kier molecular flexibility index (Phi) is 4.23. The summed E-state index contributed by atoms with van der Waals surface area (Å²) < 4.78 is 10.5. The number of anilines is 1. The van der Waals surface area contributed by atoms with E-state index in [2.05, 4.69) is 14.9 Å². The second kappa shape index (κ2) is 6.68. The molecule has 0 saturated carbocycles. The predicted molar refractivity (Wildman–Crippen MR) is 91.6 cm³/mol. The lowest BCUT2D eigenvalue weighted by Gasteiger charge is -2.26. The van der Waals surface area contributed by atoms with E-state index in [4.69, 9.17) is 9.47 Å². The zero-order chi connectivity index (χ0) is 17.2. The number of carbonyl (C=O) groups excluding carboxylic acids is 1. The number of hydrogen-bond acceptors (Lipinski definition) is 6. The van der Waals surface area contributed by atoms with Crippen LogP contribution in [0.5, 0.6) is 5.75 Å². The van der Waals surface area contributed by atoms with E-state index in [0.29, 0.717) is 37.8 Å². The highest BCUT2D eigenvalue weighted by Crippen LogP contribution is 2.25. The van der Waals surface area contributed by atoms with Gasteiger partial charge in [0.2, 0.25) is 5.95 Å². The fraction of sp³-hybridized carbons (Fsp3) is 0.389. The molecule has 0 N–H and O–H groups in total. The van der Waals surface area contributed by atoms with E-state index in [1.165, 1.54) is 0 Å². The van der Waals surface area contributed by atoms with Gasteiger partial charge in [-0.2, -0.15) is 0 Å². The van der Waals surface area contributed by atoms with Crippen LogP contribution in [0.15, 0.2) is 30.5 Å². The van der Waals surface area contributed by atoms with Gasteiger partial charge in [0.1, 0.15) is 5.75 Å². The second-order valence-corrected chi connectivity index (χ2v) is 6.14. The van der Waals surface area contributed by atoms with Gasteiger partial charge in [-0.05, 0) is 17.7 Å². The molecule has 25 heavy (non-hydrogen) atoms. The summed E-state index contributed by atoms with van der Waals surface area (Å²) in [4.78, 5) is 25.5. The molecule has 1 amide bonds. The average molecular weight is 340 g/mol. The van der Waals surface area contributed by atoms with Crippen molar-refractivity contribution in [2.75, 3.05) is 38.3 Å². The van der Waals surface area contributed by atoms with E-state index in [1.807, 2.05) is 24.3 Å². The molecule has 7 heteroatoms. The third kappa shape index (κ3) is 3.15. The van der Waals surface area contributed by atoms with E-state index < -0.39 is 0 Å². The third-order valence-corrected chi connectivity index (χ3v) is 4.54. The number of nitrogens with zero attached hydrogens (tertiary/aromatic N) is 4. The first-order valence-electron chi connectivity index (χ1n) is 8.35. The molecule has 4 rings (SSSR count). The van der Waals surface area contributed by atoms with Crippen LogP contribution in [0.2, 0.25) is 0 Å². The van der Waals surface area contributed by atoms with E-state index in [-0.39, 0.29) is 5.91 Å². The summed E-state index contributed by atoms with van der Waals surface area (Å²) in [5.41, 5.74) is 2.46. The molecule has 0 aliphatic carbocycles. The summed E-state index contributed by atoms with van der Waals surface area (Å²) in [5.74, 6) is 1.47. The fourth-order valence-electron chi connectivity index (χ4n) is 3.12. The maximum absolute atomic E-state index is 12.6. The first kappa shape index (κ1) is 15.8. The molecule has 130 valence electrons. The molecule has 3 heterocycles. The van der Waals surface area contributed by atoms with Crippen molar-refractivity contribution in [3.05, 3.63) is 47.3 Å². The lowest BCUT2D eigenvalue weighted by molar-refractivity contribution is 0.0766. The van der Waals surface area contributed by atoms with Gasteiger partial charge in [0.25, 0.3) is 5.91 Å². The molecule has 1 aromatic carbocycles. The number of carbonyl (C=O) groups is 1. The van der Waals surface area contributed by atoms with Gasteiger partial charge in [-0.25, -0.2) is 9.97 Å². The van der Waals surface area contributed by atoms with Crippen molar-refractivity contribution in [2.45, 2.75) is 13.1 Å². The Hall–Kier alpha value is -2.67. The summed E-state index contributed by atoms with van der Waals surface area (Å²) in [5, 5.41) is 0. The van der Waals surface area contributed by atoms with Gasteiger partial charge in [0, 0.05) is 25.8 Å². The summed E-state index contributed by atoms with van der Waals surface area (Å²) >= 11 is 0. The Morgan fingerprint density at radius 3 is 2.68 bits per heavy atom. The smallest absolute Gasteiger partial charge is 0.258 e. The third-order valence-electron chi connectivity index (χ3n) is 4.54. The van der Waals surface area contributed by atoms with Crippen molar-refractivity contribution in [1.29, 1.82) is 0 Å². The highest BCUT2D eigenvalue weighted by molar-refractivity contribution is 5.97. The zero-order valence-electron chi connectivity index (χ0n) is 14.1. The SMILES string of the molecule is COc1ccc(CN2Cc3nc(N4CCOCC4)ncc3C2=O)cc1. The maximum Gasteiger partial charge on any atom is 0.258 e. The molecular formula is C18H20N4O3. The van der Waals surface area contributed by atoms with Crippen molar-refractivity contribution < 1.29 is 14.3 Å². The monoisotopic (exact) mass is 340 g/mol. The standard InChI is InChI=1S/C18H20N4O3/c1-24-14-4-2-13(3-5-14)11-22-12-16-15(17(22)23)10-19-18(20-16)21-6-8-25-9-7-21/h2-5,10H,6-9,11-12H2,1H3. The van der Waals surface area contributed by atoms with Gasteiger partial charge in [0.05, 0.1) is 38.1 Å². The van der Waals surface area contributed by atoms with Crippen LogP contribution in [0.1, 0.15) is 21.6 Å². The minimum Gasteiger partial charge on any atom is -0.497 e. The van der Waals surface area contributed by atoms with Crippen LogP contribution in [-0.2, 0) is 17.8 Å².